The Morgan fingerprint density at radius 1 is 1.53 bits per heavy atom. The predicted octanol–water partition coefficient (Wildman–Crippen LogP) is 2.19. The van der Waals surface area contributed by atoms with E-state index in [2.05, 4.69) is 6.92 Å². The van der Waals surface area contributed by atoms with Gasteiger partial charge in [-0.15, -0.1) is 0 Å². The first-order chi connectivity index (χ1) is 8.19. The van der Waals surface area contributed by atoms with Crippen molar-refractivity contribution in [3.63, 3.8) is 0 Å². The van der Waals surface area contributed by atoms with Crippen LogP contribution >= 0.6 is 11.8 Å². The van der Waals surface area contributed by atoms with Crippen molar-refractivity contribution in [3.05, 3.63) is 33.9 Å². The molecule has 1 rings (SSSR count). The van der Waals surface area contributed by atoms with E-state index in [1.807, 2.05) is 0 Å². The number of nitro benzene ring substituents is 1. The molecule has 0 aliphatic rings. The Bertz CT molecular complexity index is 385. The van der Waals surface area contributed by atoms with Crippen LogP contribution in [-0.2, 0) is 6.54 Å². The van der Waals surface area contributed by atoms with Crippen LogP contribution in [0.3, 0.4) is 0 Å². The Labute approximate surface area is 104 Å². The molecule has 0 radical (unpaired) electrons. The van der Waals surface area contributed by atoms with Crippen LogP contribution in [0.15, 0.2) is 18.2 Å². The van der Waals surface area contributed by atoms with Gasteiger partial charge in [0.1, 0.15) is 5.75 Å². The normalized spacial score (nSPS) is 10.2. The maximum Gasteiger partial charge on any atom is 0.270 e. The Hall–Kier alpha value is -1.27. The Morgan fingerprint density at radius 2 is 2.29 bits per heavy atom. The Morgan fingerprint density at radius 3 is 2.88 bits per heavy atom. The van der Waals surface area contributed by atoms with Crippen molar-refractivity contribution in [2.75, 3.05) is 18.1 Å². The summed E-state index contributed by atoms with van der Waals surface area (Å²) in [4.78, 5) is 10.2. The molecule has 0 heterocycles. The van der Waals surface area contributed by atoms with Gasteiger partial charge in [0.2, 0.25) is 0 Å². The van der Waals surface area contributed by atoms with Crippen LogP contribution in [0.1, 0.15) is 12.5 Å². The summed E-state index contributed by atoms with van der Waals surface area (Å²) in [7, 11) is 0. The fourth-order valence-electron chi connectivity index (χ4n) is 1.33. The third-order valence-corrected chi connectivity index (χ3v) is 3.03. The fourth-order valence-corrected chi connectivity index (χ4v) is 1.82. The lowest BCUT2D eigenvalue weighted by Gasteiger charge is -2.09. The number of hydrogen-bond donors (Lipinski definition) is 1. The van der Waals surface area contributed by atoms with E-state index in [4.69, 9.17) is 10.5 Å². The van der Waals surface area contributed by atoms with Gasteiger partial charge < -0.3 is 10.5 Å². The van der Waals surface area contributed by atoms with Crippen molar-refractivity contribution >= 4 is 17.4 Å². The monoisotopic (exact) mass is 256 g/mol. The summed E-state index contributed by atoms with van der Waals surface area (Å²) in [5.74, 6) is 2.58. The van der Waals surface area contributed by atoms with Gasteiger partial charge in [-0.25, -0.2) is 0 Å². The number of thioether (sulfide) groups is 1. The number of nitrogens with two attached hydrogens (primary N) is 1. The van der Waals surface area contributed by atoms with Gasteiger partial charge in [0, 0.05) is 30.0 Å². The van der Waals surface area contributed by atoms with Gasteiger partial charge in [-0.1, -0.05) is 6.92 Å². The van der Waals surface area contributed by atoms with Crippen LogP contribution < -0.4 is 10.5 Å². The van der Waals surface area contributed by atoms with E-state index in [0.717, 1.165) is 11.5 Å². The summed E-state index contributed by atoms with van der Waals surface area (Å²) in [5.41, 5.74) is 6.25. The largest absolute Gasteiger partial charge is 0.492 e. The van der Waals surface area contributed by atoms with E-state index < -0.39 is 4.92 Å². The average molecular weight is 256 g/mol. The van der Waals surface area contributed by atoms with Gasteiger partial charge in [0.25, 0.3) is 5.69 Å². The van der Waals surface area contributed by atoms with E-state index in [1.54, 1.807) is 17.8 Å². The highest BCUT2D eigenvalue weighted by atomic mass is 32.2. The third-order valence-electron chi connectivity index (χ3n) is 2.16. The SMILES string of the molecule is CCSCCOc1ccc([N+](=O)[O-])cc1CN. The molecule has 17 heavy (non-hydrogen) atoms. The highest BCUT2D eigenvalue weighted by molar-refractivity contribution is 7.99. The number of benzene rings is 1. The van der Waals surface area contributed by atoms with Gasteiger partial charge in [-0.3, -0.25) is 10.1 Å². The van der Waals surface area contributed by atoms with Crippen molar-refractivity contribution in [1.82, 2.24) is 0 Å². The van der Waals surface area contributed by atoms with Gasteiger partial charge in [-0.2, -0.15) is 11.8 Å². The molecule has 0 bridgehead atoms. The van der Waals surface area contributed by atoms with Crippen LogP contribution in [0.2, 0.25) is 0 Å². The van der Waals surface area contributed by atoms with Crippen molar-refractivity contribution in [3.8, 4) is 5.75 Å². The second kappa shape index (κ2) is 7.13. The number of nitro groups is 1. The van der Waals surface area contributed by atoms with Crippen molar-refractivity contribution in [2.45, 2.75) is 13.5 Å². The summed E-state index contributed by atoms with van der Waals surface area (Å²) < 4.78 is 5.54. The van der Waals surface area contributed by atoms with E-state index in [0.29, 0.717) is 17.9 Å². The zero-order valence-electron chi connectivity index (χ0n) is 9.72. The smallest absolute Gasteiger partial charge is 0.270 e. The quantitative estimate of drug-likeness (QED) is 0.459. The highest BCUT2D eigenvalue weighted by Gasteiger charge is 2.10. The lowest BCUT2D eigenvalue weighted by Crippen LogP contribution is -2.06. The van der Waals surface area contributed by atoms with E-state index in [-0.39, 0.29) is 12.2 Å². The van der Waals surface area contributed by atoms with Crippen molar-refractivity contribution < 1.29 is 9.66 Å². The molecule has 0 fully saturated rings. The summed E-state index contributed by atoms with van der Waals surface area (Å²) in [5, 5.41) is 10.6. The molecule has 0 atom stereocenters. The Kier molecular flexibility index (Phi) is 5.79. The maximum atomic E-state index is 10.6. The molecule has 0 aliphatic carbocycles. The molecule has 0 saturated carbocycles. The van der Waals surface area contributed by atoms with E-state index >= 15 is 0 Å². The first-order valence-corrected chi connectivity index (χ1v) is 6.52. The number of ether oxygens (including phenoxy) is 1. The molecule has 1 aromatic carbocycles. The minimum Gasteiger partial charge on any atom is -0.492 e. The molecule has 0 unspecified atom stereocenters. The predicted molar refractivity (Wildman–Crippen MR) is 69.5 cm³/mol. The van der Waals surface area contributed by atoms with Crippen LogP contribution in [0.25, 0.3) is 0 Å². The zero-order valence-corrected chi connectivity index (χ0v) is 10.5. The number of non-ortho nitro benzene ring substituents is 1. The standard InChI is InChI=1S/C11H16N2O3S/c1-2-17-6-5-16-11-4-3-10(13(14)15)7-9(11)8-12/h3-4,7H,2,5-6,8,12H2,1H3. The van der Waals surface area contributed by atoms with Gasteiger partial charge in [0.15, 0.2) is 0 Å². The second-order valence-electron chi connectivity index (χ2n) is 3.30. The summed E-state index contributed by atoms with van der Waals surface area (Å²) in [6, 6.07) is 4.50. The summed E-state index contributed by atoms with van der Waals surface area (Å²) in [6.45, 7) is 2.91. The number of rotatable bonds is 7. The van der Waals surface area contributed by atoms with Gasteiger partial charge in [0.05, 0.1) is 11.5 Å². The third kappa shape index (κ3) is 4.24. The molecule has 0 amide bonds. The fraction of sp³-hybridized carbons (Fsp3) is 0.455. The van der Waals surface area contributed by atoms with Crippen LogP contribution in [0.5, 0.6) is 5.75 Å². The van der Waals surface area contributed by atoms with E-state index in [1.165, 1.54) is 12.1 Å². The molecular weight excluding hydrogens is 240 g/mol. The number of nitrogens with zero attached hydrogens (tertiary/aromatic N) is 1. The molecular formula is C11H16N2O3S. The van der Waals surface area contributed by atoms with Crippen LogP contribution in [0, 0.1) is 10.1 Å². The summed E-state index contributed by atoms with van der Waals surface area (Å²) >= 11 is 1.78. The van der Waals surface area contributed by atoms with Crippen LogP contribution in [0.4, 0.5) is 5.69 Å². The minimum atomic E-state index is -0.435. The molecule has 1 aromatic rings. The molecule has 0 spiro atoms. The average Bonchev–Trinajstić information content (AvgIpc) is 2.34. The zero-order chi connectivity index (χ0) is 12.7. The molecule has 6 heteroatoms. The van der Waals surface area contributed by atoms with Crippen molar-refractivity contribution in [1.29, 1.82) is 0 Å². The molecule has 0 aliphatic heterocycles. The maximum absolute atomic E-state index is 10.6. The van der Waals surface area contributed by atoms with E-state index in [9.17, 15) is 10.1 Å². The molecule has 2 N–H and O–H groups in total. The van der Waals surface area contributed by atoms with Gasteiger partial charge >= 0.3 is 0 Å². The molecule has 94 valence electrons. The first-order valence-electron chi connectivity index (χ1n) is 5.37. The molecule has 0 saturated heterocycles. The molecule has 5 nitrogen and oxygen atoms in total. The minimum absolute atomic E-state index is 0.0423. The number of hydrogen-bond acceptors (Lipinski definition) is 5. The van der Waals surface area contributed by atoms with Crippen LogP contribution in [-0.4, -0.2) is 23.0 Å². The Balaban J connectivity index is 2.68. The lowest BCUT2D eigenvalue weighted by atomic mass is 10.2. The highest BCUT2D eigenvalue weighted by Crippen LogP contribution is 2.23. The first kappa shape index (κ1) is 13.8. The topological polar surface area (TPSA) is 78.4 Å². The second-order valence-corrected chi connectivity index (χ2v) is 4.69. The van der Waals surface area contributed by atoms with Crippen molar-refractivity contribution in [2.24, 2.45) is 5.73 Å². The lowest BCUT2D eigenvalue weighted by molar-refractivity contribution is -0.384. The van der Waals surface area contributed by atoms with Gasteiger partial charge in [-0.05, 0) is 11.8 Å². The molecule has 0 aromatic heterocycles. The summed E-state index contributed by atoms with van der Waals surface area (Å²) in [6.07, 6.45) is 0.